The number of aromatic nitrogens is 1. The van der Waals surface area contributed by atoms with Crippen molar-refractivity contribution in [2.24, 2.45) is 0 Å². The minimum atomic E-state index is -5.22. The maximum absolute atomic E-state index is 14.3. The number of hydrogen-bond donors (Lipinski definition) is 1. The predicted octanol–water partition coefficient (Wildman–Crippen LogP) is 6.80. The summed E-state index contributed by atoms with van der Waals surface area (Å²) in [7, 11) is 2.56. The Labute approximate surface area is 231 Å². The third kappa shape index (κ3) is 6.27. The Morgan fingerprint density at radius 2 is 1.66 bits per heavy atom. The molecule has 0 amide bonds. The molecule has 1 aliphatic rings. The molecular formula is C29H27F6NO5. The van der Waals surface area contributed by atoms with E-state index in [1.165, 1.54) is 57.5 Å². The molecule has 12 heteroatoms. The van der Waals surface area contributed by atoms with Crippen LogP contribution in [0.1, 0.15) is 47.3 Å². The molecule has 220 valence electrons. The molecule has 0 radical (unpaired) electrons. The normalized spacial score (nSPS) is 16.4. The highest BCUT2D eigenvalue weighted by Crippen LogP contribution is 2.44. The van der Waals surface area contributed by atoms with E-state index in [2.05, 4.69) is 4.98 Å². The van der Waals surface area contributed by atoms with Crippen LogP contribution >= 0.6 is 0 Å². The lowest BCUT2D eigenvalue weighted by Gasteiger charge is -2.35. The highest BCUT2D eigenvalue weighted by molar-refractivity contribution is 5.96. The zero-order valence-corrected chi connectivity index (χ0v) is 22.3. The third-order valence-electron chi connectivity index (χ3n) is 6.95. The summed E-state index contributed by atoms with van der Waals surface area (Å²) < 4.78 is 98.8. The first kappa shape index (κ1) is 30.2. The first-order valence-electron chi connectivity index (χ1n) is 12.5. The van der Waals surface area contributed by atoms with Crippen LogP contribution in [0.5, 0.6) is 17.2 Å². The van der Waals surface area contributed by atoms with Gasteiger partial charge in [0.2, 0.25) is 5.60 Å². The summed E-state index contributed by atoms with van der Waals surface area (Å²) in [6.45, 7) is 1.48. The number of rotatable bonds is 10. The minimum absolute atomic E-state index is 0.0252. The molecule has 0 bridgehead atoms. The second-order valence-corrected chi connectivity index (χ2v) is 9.86. The van der Waals surface area contributed by atoms with E-state index in [1.54, 1.807) is 0 Å². The van der Waals surface area contributed by atoms with Crippen LogP contribution in [0.25, 0.3) is 11.3 Å². The lowest BCUT2D eigenvalue weighted by atomic mass is 9.89. The first-order valence-corrected chi connectivity index (χ1v) is 12.5. The van der Waals surface area contributed by atoms with Gasteiger partial charge in [-0.2, -0.15) is 13.2 Å². The van der Waals surface area contributed by atoms with Crippen molar-refractivity contribution in [3.63, 3.8) is 0 Å². The van der Waals surface area contributed by atoms with Crippen molar-refractivity contribution in [2.45, 2.75) is 56.4 Å². The SMILES string of the molecule is COc1cc(C(=O)CCC(O)(c2ccc(OC)c(-c3ccc(F)c(C)c3)n2)C(F)(F)F)ccc1OC1CC(F)(F)C1. The van der Waals surface area contributed by atoms with Crippen molar-refractivity contribution in [3.05, 3.63) is 71.2 Å². The highest BCUT2D eigenvalue weighted by Gasteiger charge is 2.56. The van der Waals surface area contributed by atoms with Gasteiger partial charge in [0.1, 0.15) is 23.4 Å². The van der Waals surface area contributed by atoms with Gasteiger partial charge in [0.25, 0.3) is 5.92 Å². The van der Waals surface area contributed by atoms with Gasteiger partial charge >= 0.3 is 6.18 Å². The van der Waals surface area contributed by atoms with Crippen LogP contribution in [0.2, 0.25) is 0 Å². The summed E-state index contributed by atoms with van der Waals surface area (Å²) in [5.41, 5.74) is -3.86. The second-order valence-electron chi connectivity index (χ2n) is 9.86. The number of ketones is 1. The summed E-state index contributed by atoms with van der Waals surface area (Å²) in [6, 6.07) is 9.85. The molecule has 2 aromatic carbocycles. The highest BCUT2D eigenvalue weighted by atomic mass is 19.4. The number of methoxy groups -OCH3 is 2. The Morgan fingerprint density at radius 1 is 1.00 bits per heavy atom. The Morgan fingerprint density at radius 3 is 2.24 bits per heavy atom. The van der Waals surface area contributed by atoms with Crippen LogP contribution in [0, 0.1) is 12.7 Å². The quantitative estimate of drug-likeness (QED) is 0.209. The van der Waals surface area contributed by atoms with Crippen LogP contribution < -0.4 is 14.2 Å². The Balaban J connectivity index is 1.58. The summed E-state index contributed by atoms with van der Waals surface area (Å²) in [6.07, 6.45) is -8.67. The maximum Gasteiger partial charge on any atom is 0.422 e. The molecule has 1 atom stereocenters. The zero-order valence-electron chi connectivity index (χ0n) is 22.3. The van der Waals surface area contributed by atoms with Crippen molar-refractivity contribution in [2.75, 3.05) is 14.2 Å². The van der Waals surface area contributed by atoms with E-state index < -0.39 is 66.8 Å². The molecule has 6 nitrogen and oxygen atoms in total. The molecular weight excluding hydrogens is 556 g/mol. The number of Topliss-reactive ketones (excluding diaryl/α,β-unsaturated/α-hetero) is 1. The van der Waals surface area contributed by atoms with E-state index in [-0.39, 0.29) is 39.6 Å². The number of aliphatic hydroxyl groups is 1. The van der Waals surface area contributed by atoms with E-state index in [0.29, 0.717) is 0 Å². The minimum Gasteiger partial charge on any atom is -0.494 e. The number of aryl methyl sites for hydroxylation is 1. The van der Waals surface area contributed by atoms with Crippen LogP contribution in [0.4, 0.5) is 26.3 Å². The van der Waals surface area contributed by atoms with Crippen molar-refractivity contribution >= 4 is 5.78 Å². The van der Waals surface area contributed by atoms with Crippen LogP contribution in [-0.4, -0.2) is 48.3 Å². The van der Waals surface area contributed by atoms with Gasteiger partial charge < -0.3 is 19.3 Å². The van der Waals surface area contributed by atoms with Gasteiger partial charge in [-0.05, 0) is 67.4 Å². The summed E-state index contributed by atoms with van der Waals surface area (Å²) in [4.78, 5) is 17.0. The number of carbonyl (C=O) groups excluding carboxylic acids is 1. The number of ether oxygens (including phenoxy) is 3. The molecule has 1 aliphatic carbocycles. The molecule has 0 spiro atoms. The molecule has 1 aromatic heterocycles. The predicted molar refractivity (Wildman–Crippen MR) is 136 cm³/mol. The van der Waals surface area contributed by atoms with Crippen LogP contribution in [0.3, 0.4) is 0 Å². The monoisotopic (exact) mass is 583 g/mol. The van der Waals surface area contributed by atoms with Crippen LogP contribution in [-0.2, 0) is 5.60 Å². The average Bonchev–Trinajstić information content (AvgIpc) is 2.91. The summed E-state index contributed by atoms with van der Waals surface area (Å²) in [5, 5.41) is 10.9. The largest absolute Gasteiger partial charge is 0.494 e. The fourth-order valence-corrected chi connectivity index (χ4v) is 4.50. The maximum atomic E-state index is 14.3. The van der Waals surface area contributed by atoms with Gasteiger partial charge in [0.15, 0.2) is 17.3 Å². The second kappa shape index (κ2) is 11.2. The molecule has 1 saturated carbocycles. The van der Waals surface area contributed by atoms with E-state index in [1.807, 2.05) is 0 Å². The number of hydrogen-bond acceptors (Lipinski definition) is 6. The molecule has 1 heterocycles. The Bertz CT molecular complexity index is 1440. The van der Waals surface area contributed by atoms with E-state index in [4.69, 9.17) is 14.2 Å². The van der Waals surface area contributed by atoms with E-state index in [0.717, 1.165) is 12.1 Å². The van der Waals surface area contributed by atoms with Gasteiger partial charge in [-0.15, -0.1) is 0 Å². The number of benzene rings is 2. The van der Waals surface area contributed by atoms with Gasteiger partial charge in [-0.1, -0.05) is 0 Å². The first-order chi connectivity index (χ1) is 19.2. The van der Waals surface area contributed by atoms with E-state index >= 15 is 0 Å². The molecule has 1 unspecified atom stereocenters. The smallest absolute Gasteiger partial charge is 0.422 e. The number of nitrogens with zero attached hydrogens (tertiary/aromatic N) is 1. The van der Waals surface area contributed by atoms with Crippen molar-refractivity contribution in [1.82, 2.24) is 4.98 Å². The van der Waals surface area contributed by atoms with Gasteiger partial charge in [0, 0.05) is 30.4 Å². The van der Waals surface area contributed by atoms with E-state index in [9.17, 15) is 36.2 Å². The Kier molecular flexibility index (Phi) is 8.26. The van der Waals surface area contributed by atoms with Crippen molar-refractivity contribution < 1.29 is 50.5 Å². The van der Waals surface area contributed by atoms with Crippen molar-refractivity contribution in [3.8, 4) is 28.5 Å². The topological polar surface area (TPSA) is 77.9 Å². The summed E-state index contributed by atoms with van der Waals surface area (Å²) >= 11 is 0. The third-order valence-corrected chi connectivity index (χ3v) is 6.95. The number of pyridine rings is 1. The van der Waals surface area contributed by atoms with Gasteiger partial charge in [-0.3, -0.25) is 4.79 Å². The van der Waals surface area contributed by atoms with Gasteiger partial charge in [-0.25, -0.2) is 18.2 Å². The number of carbonyl (C=O) groups is 1. The average molecular weight is 584 g/mol. The lowest BCUT2D eigenvalue weighted by molar-refractivity contribution is -0.270. The van der Waals surface area contributed by atoms with Crippen molar-refractivity contribution in [1.29, 1.82) is 0 Å². The number of alkyl halides is 5. The standard InChI is InChI=1S/C29H27F6NO5/c1-16-12-18(4-6-20(16)30)26-23(39-2)8-9-25(36-26)28(38,29(33,34)35)11-10-21(37)17-5-7-22(24(13-17)40-3)41-19-14-27(31,32)15-19/h4-9,12-13,19,38H,10-11,14-15H2,1-3H3. The summed E-state index contributed by atoms with van der Waals surface area (Å²) in [5.74, 6) is -3.80. The molecule has 4 rings (SSSR count). The molecule has 41 heavy (non-hydrogen) atoms. The zero-order chi connectivity index (χ0) is 30.2. The number of halogens is 6. The van der Waals surface area contributed by atoms with Gasteiger partial charge in [0.05, 0.1) is 19.9 Å². The molecule has 1 N–H and O–H groups in total. The Hall–Kier alpha value is -3.80. The van der Waals surface area contributed by atoms with Crippen LogP contribution in [0.15, 0.2) is 48.5 Å². The lowest BCUT2D eigenvalue weighted by Crippen LogP contribution is -2.43. The fourth-order valence-electron chi connectivity index (χ4n) is 4.50. The molecule has 0 aliphatic heterocycles. The molecule has 1 fully saturated rings. The molecule has 3 aromatic rings. The molecule has 0 saturated heterocycles. The fraction of sp³-hybridized carbons (Fsp3) is 0.379.